The maximum atomic E-state index is 12.0. The number of carbonyl (C=O) groups is 3. The number of pyridine rings is 1. The molecule has 1 aromatic heterocycles. The summed E-state index contributed by atoms with van der Waals surface area (Å²) >= 11 is 0. The lowest BCUT2D eigenvalue weighted by atomic mass is 10.1. The molecule has 11 nitrogen and oxygen atoms in total. The molecule has 0 spiro atoms. The molecule has 1 aromatic rings. The van der Waals surface area contributed by atoms with Crippen LogP contribution in [0.2, 0.25) is 0 Å². The second kappa shape index (κ2) is 7.55. The second-order valence-electron chi connectivity index (χ2n) is 6.05. The second-order valence-corrected chi connectivity index (χ2v) is 6.05. The average molecular weight is 354 g/mol. The van der Waals surface area contributed by atoms with Gasteiger partial charge in [-0.05, 0) is 20.8 Å². The number of aromatic nitrogens is 1. The highest BCUT2D eigenvalue weighted by Crippen LogP contribution is 2.09. The van der Waals surface area contributed by atoms with Gasteiger partial charge in [0, 0.05) is 17.8 Å². The minimum absolute atomic E-state index is 0.277. The molecular formula is C14H18N4O7. The van der Waals surface area contributed by atoms with Gasteiger partial charge in [0.1, 0.15) is 6.54 Å². The molecule has 0 atom stereocenters. The molecule has 0 saturated heterocycles. The van der Waals surface area contributed by atoms with Crippen LogP contribution in [0.25, 0.3) is 0 Å². The van der Waals surface area contributed by atoms with E-state index in [9.17, 15) is 29.3 Å². The van der Waals surface area contributed by atoms with Crippen molar-refractivity contribution in [1.82, 2.24) is 15.2 Å². The highest BCUT2D eigenvalue weighted by atomic mass is 16.6. The van der Waals surface area contributed by atoms with Crippen molar-refractivity contribution < 1.29 is 24.0 Å². The number of nitrogens with one attached hydrogen (secondary N) is 2. The summed E-state index contributed by atoms with van der Waals surface area (Å²) in [4.78, 5) is 57.0. The van der Waals surface area contributed by atoms with E-state index >= 15 is 0 Å². The van der Waals surface area contributed by atoms with Gasteiger partial charge in [-0.2, -0.15) is 0 Å². The molecule has 0 fully saturated rings. The van der Waals surface area contributed by atoms with Gasteiger partial charge in [0.2, 0.25) is 5.91 Å². The number of carbonyl (C=O) groups excluding carboxylic acids is 3. The number of rotatable bonds is 4. The fourth-order valence-electron chi connectivity index (χ4n) is 1.79. The van der Waals surface area contributed by atoms with Gasteiger partial charge in [0.25, 0.3) is 0 Å². The van der Waals surface area contributed by atoms with E-state index in [1.165, 1.54) is 0 Å². The van der Waals surface area contributed by atoms with Crippen LogP contribution in [-0.2, 0) is 16.1 Å². The summed E-state index contributed by atoms with van der Waals surface area (Å²) in [5.41, 5.74) is -2.86. The molecule has 25 heavy (non-hydrogen) atoms. The summed E-state index contributed by atoms with van der Waals surface area (Å²) < 4.78 is 5.11. The molecule has 0 aliphatic carbocycles. The molecule has 11 heteroatoms. The first kappa shape index (κ1) is 19.8. The van der Waals surface area contributed by atoms with Crippen LogP contribution in [-0.4, -0.2) is 40.0 Å². The van der Waals surface area contributed by atoms with Crippen LogP contribution >= 0.6 is 0 Å². The van der Waals surface area contributed by atoms with E-state index in [0.29, 0.717) is 4.57 Å². The molecule has 0 aliphatic heterocycles. The lowest BCUT2D eigenvalue weighted by Crippen LogP contribution is -2.49. The van der Waals surface area contributed by atoms with Crippen molar-refractivity contribution in [2.24, 2.45) is 0 Å². The Hall–Kier alpha value is -3.24. The minimum Gasteiger partial charge on any atom is -0.465 e. The van der Waals surface area contributed by atoms with Crippen LogP contribution in [0.1, 0.15) is 31.1 Å². The van der Waals surface area contributed by atoms with Gasteiger partial charge >= 0.3 is 23.2 Å². The summed E-state index contributed by atoms with van der Waals surface area (Å²) in [6.45, 7) is 4.41. The predicted molar refractivity (Wildman–Crippen MR) is 85.1 cm³/mol. The molecule has 0 radical (unpaired) electrons. The Labute approximate surface area is 142 Å². The van der Waals surface area contributed by atoms with E-state index in [1.807, 2.05) is 5.32 Å². The maximum absolute atomic E-state index is 12.0. The fraction of sp³-hybridized carbons (Fsp3) is 0.429. The van der Waals surface area contributed by atoms with Gasteiger partial charge in [-0.15, -0.1) is 0 Å². The summed E-state index contributed by atoms with van der Waals surface area (Å²) in [6.07, 6.45) is 0.947. The zero-order valence-electron chi connectivity index (χ0n) is 14.1. The van der Waals surface area contributed by atoms with Crippen LogP contribution in [0.5, 0.6) is 0 Å². The first-order valence-corrected chi connectivity index (χ1v) is 7.04. The molecule has 0 unspecified atom stereocenters. The fourth-order valence-corrected chi connectivity index (χ4v) is 1.79. The van der Waals surface area contributed by atoms with Crippen molar-refractivity contribution in [3.05, 3.63) is 38.3 Å². The van der Waals surface area contributed by atoms with E-state index in [0.717, 1.165) is 19.4 Å². The molecular weight excluding hydrogens is 336 g/mol. The quantitative estimate of drug-likeness (QED) is 0.444. The van der Waals surface area contributed by atoms with Crippen LogP contribution < -0.4 is 16.2 Å². The summed E-state index contributed by atoms with van der Waals surface area (Å²) in [5.74, 6) is -1.80. The molecule has 136 valence electrons. The SMILES string of the molecule is COC(=O)c1cc([N+](=O)[O-])c(=O)n(CC(=O)NC(=O)NC(C)(C)C)c1. The number of amides is 3. The van der Waals surface area contributed by atoms with Gasteiger partial charge < -0.3 is 10.1 Å². The van der Waals surface area contributed by atoms with Crippen molar-refractivity contribution >= 4 is 23.6 Å². The third-order valence-corrected chi connectivity index (χ3v) is 2.74. The van der Waals surface area contributed by atoms with Gasteiger partial charge in [-0.3, -0.25) is 29.6 Å². The molecule has 0 bridgehead atoms. The van der Waals surface area contributed by atoms with Crippen molar-refractivity contribution in [1.29, 1.82) is 0 Å². The highest BCUT2D eigenvalue weighted by Gasteiger charge is 2.22. The number of urea groups is 1. The Morgan fingerprint density at radius 1 is 1.32 bits per heavy atom. The maximum Gasteiger partial charge on any atom is 0.339 e. The molecule has 0 saturated carbocycles. The molecule has 0 aliphatic rings. The molecule has 1 heterocycles. The lowest BCUT2D eigenvalue weighted by Gasteiger charge is -2.20. The lowest BCUT2D eigenvalue weighted by molar-refractivity contribution is -0.386. The number of nitro groups is 1. The van der Waals surface area contributed by atoms with Crippen molar-refractivity contribution in [2.75, 3.05) is 7.11 Å². The Morgan fingerprint density at radius 3 is 2.40 bits per heavy atom. The normalized spacial score (nSPS) is 10.7. The van der Waals surface area contributed by atoms with Gasteiger partial charge in [-0.1, -0.05) is 0 Å². The first-order chi connectivity index (χ1) is 11.4. The van der Waals surface area contributed by atoms with E-state index in [2.05, 4.69) is 10.1 Å². The van der Waals surface area contributed by atoms with Crippen molar-refractivity contribution in [3.8, 4) is 0 Å². The van der Waals surface area contributed by atoms with E-state index in [1.54, 1.807) is 20.8 Å². The first-order valence-electron chi connectivity index (χ1n) is 7.04. The molecule has 3 amide bonds. The van der Waals surface area contributed by atoms with Crippen LogP contribution in [0.4, 0.5) is 10.5 Å². The molecule has 2 N–H and O–H groups in total. The molecule has 0 aromatic carbocycles. The monoisotopic (exact) mass is 354 g/mol. The number of ether oxygens (including phenoxy) is 1. The predicted octanol–water partition coefficient (Wildman–Crippen LogP) is 0.167. The zero-order valence-corrected chi connectivity index (χ0v) is 14.1. The number of hydrogen-bond acceptors (Lipinski definition) is 7. The van der Waals surface area contributed by atoms with Crippen LogP contribution in [0, 0.1) is 10.1 Å². The Balaban J connectivity index is 3.08. The third kappa shape index (κ3) is 5.71. The van der Waals surface area contributed by atoms with Gasteiger partial charge in [0.15, 0.2) is 0 Å². The number of esters is 1. The summed E-state index contributed by atoms with van der Waals surface area (Å²) in [5, 5.41) is 15.4. The zero-order chi connectivity index (χ0) is 19.4. The molecule has 1 rings (SSSR count). The van der Waals surface area contributed by atoms with Gasteiger partial charge in [0.05, 0.1) is 17.6 Å². The Morgan fingerprint density at radius 2 is 1.92 bits per heavy atom. The summed E-state index contributed by atoms with van der Waals surface area (Å²) in [7, 11) is 1.06. The van der Waals surface area contributed by atoms with Crippen LogP contribution in [0.15, 0.2) is 17.1 Å². The van der Waals surface area contributed by atoms with E-state index in [-0.39, 0.29) is 5.56 Å². The largest absolute Gasteiger partial charge is 0.465 e. The van der Waals surface area contributed by atoms with Gasteiger partial charge in [-0.25, -0.2) is 9.59 Å². The standard InChI is InChI=1S/C14H18N4O7/c1-14(2,3)16-13(22)15-10(19)7-17-6-8(12(21)25-4)5-9(11(17)20)18(23)24/h5-6H,7H2,1-4H3,(H2,15,16,19,22). The van der Waals surface area contributed by atoms with E-state index < -0.39 is 46.2 Å². The van der Waals surface area contributed by atoms with Crippen molar-refractivity contribution in [2.45, 2.75) is 32.9 Å². The number of imide groups is 1. The topological polar surface area (TPSA) is 150 Å². The Bertz CT molecular complexity index is 776. The number of nitrogens with zero attached hydrogens (tertiary/aromatic N) is 2. The Kier molecular flexibility index (Phi) is 5.98. The highest BCUT2D eigenvalue weighted by molar-refractivity contribution is 5.94. The van der Waals surface area contributed by atoms with Crippen molar-refractivity contribution in [3.63, 3.8) is 0 Å². The van der Waals surface area contributed by atoms with Crippen LogP contribution in [0.3, 0.4) is 0 Å². The summed E-state index contributed by atoms with van der Waals surface area (Å²) in [6, 6.07) is -0.0290. The van der Waals surface area contributed by atoms with E-state index in [4.69, 9.17) is 0 Å². The smallest absolute Gasteiger partial charge is 0.339 e. The average Bonchev–Trinajstić information content (AvgIpc) is 2.45. The number of hydrogen-bond donors (Lipinski definition) is 2. The number of methoxy groups -OCH3 is 1. The third-order valence-electron chi connectivity index (χ3n) is 2.74. The minimum atomic E-state index is -1.09.